The smallest absolute Gasteiger partial charge is 0.177 e. The highest BCUT2D eigenvalue weighted by Crippen LogP contribution is 2.40. The molecule has 1 atom stereocenters. The van der Waals surface area contributed by atoms with Gasteiger partial charge in [-0.15, -0.1) is 0 Å². The molecule has 0 unspecified atom stereocenters. The van der Waals surface area contributed by atoms with E-state index in [9.17, 15) is 4.79 Å². The number of anilines is 1. The number of carbonyl (C=O) groups is 1. The van der Waals surface area contributed by atoms with Crippen molar-refractivity contribution in [3.8, 4) is 0 Å². The van der Waals surface area contributed by atoms with Crippen molar-refractivity contribution in [1.82, 2.24) is 4.90 Å². The Labute approximate surface area is 181 Å². The highest BCUT2D eigenvalue weighted by atomic mass is 16.1. The molecule has 0 N–H and O–H groups in total. The van der Waals surface area contributed by atoms with Crippen molar-refractivity contribution in [2.45, 2.75) is 24.8 Å². The van der Waals surface area contributed by atoms with Gasteiger partial charge < -0.3 is 9.80 Å². The molecule has 0 saturated carbocycles. The molecular formula is C27H32N2O. The van der Waals surface area contributed by atoms with Gasteiger partial charge in [-0.05, 0) is 62.8 Å². The summed E-state index contributed by atoms with van der Waals surface area (Å²) in [6.45, 7) is 2.18. The molecule has 0 aliphatic rings. The van der Waals surface area contributed by atoms with Crippen molar-refractivity contribution >= 4 is 11.5 Å². The maximum atomic E-state index is 14.3. The number of benzene rings is 3. The van der Waals surface area contributed by atoms with Gasteiger partial charge in [0.15, 0.2) is 5.78 Å². The molecule has 3 heteroatoms. The van der Waals surface area contributed by atoms with Crippen LogP contribution in [0.15, 0.2) is 84.9 Å². The topological polar surface area (TPSA) is 23.6 Å². The molecule has 156 valence electrons. The van der Waals surface area contributed by atoms with E-state index in [1.807, 2.05) is 79.7 Å². The fourth-order valence-corrected chi connectivity index (χ4v) is 3.99. The molecule has 0 fully saturated rings. The lowest BCUT2D eigenvalue weighted by atomic mass is 9.66. The van der Waals surface area contributed by atoms with Crippen LogP contribution in [0.25, 0.3) is 0 Å². The van der Waals surface area contributed by atoms with E-state index in [0.29, 0.717) is 6.42 Å². The van der Waals surface area contributed by atoms with Gasteiger partial charge in [0.1, 0.15) is 0 Å². The first-order valence-corrected chi connectivity index (χ1v) is 10.5. The summed E-state index contributed by atoms with van der Waals surface area (Å²) in [5, 5.41) is 0. The van der Waals surface area contributed by atoms with Gasteiger partial charge in [-0.3, -0.25) is 4.79 Å². The summed E-state index contributed by atoms with van der Waals surface area (Å²) in [4.78, 5) is 18.5. The Bertz CT molecular complexity index is 908. The van der Waals surface area contributed by atoms with E-state index in [-0.39, 0.29) is 11.8 Å². The first kappa shape index (κ1) is 21.8. The first-order valence-electron chi connectivity index (χ1n) is 10.5. The van der Waals surface area contributed by atoms with Gasteiger partial charge in [-0.2, -0.15) is 0 Å². The monoisotopic (exact) mass is 400 g/mol. The molecule has 0 aliphatic heterocycles. The van der Waals surface area contributed by atoms with Crippen molar-refractivity contribution < 1.29 is 4.79 Å². The summed E-state index contributed by atoms with van der Waals surface area (Å²) in [6.07, 6.45) is 0.697. The molecule has 3 rings (SSSR count). The first-order chi connectivity index (χ1) is 14.4. The van der Waals surface area contributed by atoms with Crippen molar-refractivity contribution in [2.75, 3.05) is 33.1 Å². The molecule has 0 amide bonds. The lowest BCUT2D eigenvalue weighted by Crippen LogP contribution is -2.43. The lowest BCUT2D eigenvalue weighted by molar-refractivity contribution is 0.0882. The van der Waals surface area contributed by atoms with Gasteiger partial charge in [-0.25, -0.2) is 0 Å². The summed E-state index contributed by atoms with van der Waals surface area (Å²) >= 11 is 0. The zero-order valence-corrected chi connectivity index (χ0v) is 18.7. The minimum atomic E-state index is -0.758. The third-order valence-electron chi connectivity index (χ3n) is 6.05. The Balaban J connectivity index is 2.22. The summed E-state index contributed by atoms with van der Waals surface area (Å²) in [7, 11) is 8.16. The van der Waals surface area contributed by atoms with Crippen LogP contribution in [-0.4, -0.2) is 44.9 Å². The van der Waals surface area contributed by atoms with Crippen LogP contribution in [0, 0.1) is 0 Å². The number of ketones is 1. The average Bonchev–Trinajstić information content (AvgIpc) is 2.78. The second-order valence-corrected chi connectivity index (χ2v) is 8.42. The fourth-order valence-electron chi connectivity index (χ4n) is 3.99. The van der Waals surface area contributed by atoms with Crippen LogP contribution in [0.4, 0.5) is 5.69 Å². The third-order valence-corrected chi connectivity index (χ3v) is 6.05. The Morgan fingerprint density at radius 1 is 0.767 bits per heavy atom. The average molecular weight is 401 g/mol. The standard InChI is InChI=1S/C27H32N2O/c1-21(28(2)3)20-27(23-12-8-6-9-13-23,24-14-10-7-11-15-24)26(30)22-16-18-25(19-17-22)29(4)5/h6-19,21H,20H2,1-5H3/t21-/m1/s1. The van der Waals surface area contributed by atoms with Crippen LogP contribution in [0.1, 0.15) is 34.8 Å². The maximum absolute atomic E-state index is 14.3. The van der Waals surface area contributed by atoms with Gasteiger partial charge in [0.05, 0.1) is 5.41 Å². The second-order valence-electron chi connectivity index (χ2n) is 8.42. The molecule has 3 aromatic carbocycles. The van der Waals surface area contributed by atoms with Gasteiger partial charge in [0.25, 0.3) is 0 Å². The minimum absolute atomic E-state index is 0.138. The Morgan fingerprint density at radius 3 is 1.63 bits per heavy atom. The summed E-state index contributed by atoms with van der Waals surface area (Å²) in [5.41, 5.74) is 3.13. The molecule has 0 heterocycles. The van der Waals surface area contributed by atoms with Gasteiger partial charge in [0, 0.05) is 31.4 Å². The molecule has 30 heavy (non-hydrogen) atoms. The molecule has 0 aromatic heterocycles. The van der Waals surface area contributed by atoms with Crippen LogP contribution in [0.3, 0.4) is 0 Å². The van der Waals surface area contributed by atoms with E-state index in [0.717, 1.165) is 22.4 Å². The van der Waals surface area contributed by atoms with Crippen molar-refractivity contribution in [3.05, 3.63) is 102 Å². The van der Waals surface area contributed by atoms with Crippen LogP contribution in [0.5, 0.6) is 0 Å². The SMILES string of the molecule is C[C@H](CC(C(=O)c1ccc(N(C)C)cc1)(c1ccccc1)c1ccccc1)N(C)C. The van der Waals surface area contributed by atoms with E-state index >= 15 is 0 Å². The van der Waals surface area contributed by atoms with Crippen LogP contribution in [-0.2, 0) is 5.41 Å². The second kappa shape index (κ2) is 9.27. The predicted molar refractivity (Wildman–Crippen MR) is 127 cm³/mol. The number of carbonyl (C=O) groups excluding carboxylic acids is 1. The fraction of sp³-hybridized carbons (Fsp3) is 0.296. The zero-order valence-electron chi connectivity index (χ0n) is 18.7. The van der Waals surface area contributed by atoms with Gasteiger partial charge in [0.2, 0.25) is 0 Å². The molecule has 0 aliphatic carbocycles. The highest BCUT2D eigenvalue weighted by molar-refractivity contribution is 6.06. The normalized spacial score (nSPS) is 12.6. The number of nitrogens with zero attached hydrogens (tertiary/aromatic N) is 2. The largest absolute Gasteiger partial charge is 0.378 e. The molecular weight excluding hydrogens is 368 g/mol. The van der Waals surface area contributed by atoms with E-state index in [1.165, 1.54) is 0 Å². The van der Waals surface area contributed by atoms with Gasteiger partial charge in [-0.1, -0.05) is 60.7 Å². The van der Waals surface area contributed by atoms with Crippen molar-refractivity contribution in [1.29, 1.82) is 0 Å². The number of hydrogen-bond donors (Lipinski definition) is 0. The van der Waals surface area contributed by atoms with Crippen LogP contribution < -0.4 is 4.90 Å². The number of Topliss-reactive ketones (excluding diaryl/α,β-unsaturated/α-hetero) is 1. The summed E-state index contributed by atoms with van der Waals surface area (Å²) < 4.78 is 0. The molecule has 0 radical (unpaired) electrons. The van der Waals surface area contributed by atoms with E-state index in [1.54, 1.807) is 0 Å². The Hall–Kier alpha value is -2.91. The predicted octanol–water partition coefficient (Wildman–Crippen LogP) is 5.26. The van der Waals surface area contributed by atoms with E-state index < -0.39 is 5.41 Å². The van der Waals surface area contributed by atoms with Crippen molar-refractivity contribution in [2.24, 2.45) is 0 Å². The van der Waals surface area contributed by atoms with Crippen LogP contribution >= 0.6 is 0 Å². The number of rotatable bonds is 8. The summed E-state index contributed by atoms with van der Waals surface area (Å²) in [5.74, 6) is 0.138. The van der Waals surface area contributed by atoms with Crippen molar-refractivity contribution in [3.63, 3.8) is 0 Å². The summed E-state index contributed by atoms with van der Waals surface area (Å²) in [6, 6.07) is 28.6. The zero-order chi connectivity index (χ0) is 21.7. The van der Waals surface area contributed by atoms with E-state index in [2.05, 4.69) is 50.2 Å². The number of hydrogen-bond acceptors (Lipinski definition) is 3. The Kier molecular flexibility index (Phi) is 6.73. The molecule has 3 nitrogen and oxygen atoms in total. The lowest BCUT2D eigenvalue weighted by Gasteiger charge is -2.38. The highest BCUT2D eigenvalue weighted by Gasteiger charge is 2.43. The third kappa shape index (κ3) is 4.31. The molecule has 3 aromatic rings. The van der Waals surface area contributed by atoms with E-state index in [4.69, 9.17) is 0 Å². The minimum Gasteiger partial charge on any atom is -0.378 e. The quantitative estimate of drug-likeness (QED) is 0.482. The molecule has 0 saturated heterocycles. The van der Waals surface area contributed by atoms with Crippen LogP contribution in [0.2, 0.25) is 0 Å². The molecule has 0 bridgehead atoms. The molecule has 0 spiro atoms. The Morgan fingerprint density at radius 2 is 1.23 bits per heavy atom. The maximum Gasteiger partial charge on any atom is 0.177 e. The van der Waals surface area contributed by atoms with Gasteiger partial charge >= 0.3 is 0 Å².